The Labute approximate surface area is 109 Å². The van der Waals surface area contributed by atoms with Gasteiger partial charge in [-0.25, -0.2) is 0 Å². The van der Waals surface area contributed by atoms with Gasteiger partial charge in [-0.15, -0.1) is 12.3 Å². The lowest BCUT2D eigenvalue weighted by Gasteiger charge is -2.06. The fraction of sp³-hybridized carbons (Fsp3) is 0.438. The molecule has 2 heteroatoms. The smallest absolute Gasteiger partial charge is 0.251 e. The van der Waals surface area contributed by atoms with Gasteiger partial charge in [-0.2, -0.15) is 0 Å². The van der Waals surface area contributed by atoms with E-state index in [-0.39, 0.29) is 5.91 Å². The molecule has 0 saturated heterocycles. The van der Waals surface area contributed by atoms with Crippen molar-refractivity contribution < 1.29 is 4.79 Å². The summed E-state index contributed by atoms with van der Waals surface area (Å²) in [6.07, 6.45) is 11.4. The number of hydrogen-bond acceptors (Lipinski definition) is 1. The van der Waals surface area contributed by atoms with E-state index in [0.717, 1.165) is 37.7 Å². The molecular weight excluding hydrogens is 222 g/mol. The summed E-state index contributed by atoms with van der Waals surface area (Å²) in [6, 6.07) is 6.07. The van der Waals surface area contributed by atoms with Crippen molar-refractivity contribution in [2.75, 3.05) is 6.54 Å². The van der Waals surface area contributed by atoms with Crippen LogP contribution in [0.5, 0.6) is 0 Å². The second-order valence-electron chi connectivity index (χ2n) is 4.75. The molecule has 0 bridgehead atoms. The van der Waals surface area contributed by atoms with Gasteiger partial charge < -0.3 is 5.32 Å². The van der Waals surface area contributed by atoms with Crippen LogP contribution in [-0.4, -0.2) is 12.5 Å². The number of carbonyl (C=O) groups is 1. The van der Waals surface area contributed by atoms with E-state index in [4.69, 9.17) is 6.42 Å². The maximum Gasteiger partial charge on any atom is 0.251 e. The molecule has 0 radical (unpaired) electrons. The predicted octanol–water partition coefficient (Wildman–Crippen LogP) is 2.71. The first-order valence-corrected chi connectivity index (χ1v) is 6.65. The SMILES string of the molecule is C#CCCCCNC(=O)c1ccc2c(c1)CCC2. The van der Waals surface area contributed by atoms with Gasteiger partial charge in [-0.3, -0.25) is 4.79 Å². The van der Waals surface area contributed by atoms with E-state index in [9.17, 15) is 4.79 Å². The molecule has 94 valence electrons. The second-order valence-corrected chi connectivity index (χ2v) is 4.75. The minimum Gasteiger partial charge on any atom is -0.352 e. The third kappa shape index (κ3) is 3.13. The van der Waals surface area contributed by atoms with Crippen LogP contribution in [-0.2, 0) is 12.8 Å². The van der Waals surface area contributed by atoms with Gasteiger partial charge in [-0.1, -0.05) is 6.07 Å². The van der Waals surface area contributed by atoms with Crippen LogP contribution in [0.1, 0.15) is 47.2 Å². The van der Waals surface area contributed by atoms with E-state index in [1.807, 2.05) is 12.1 Å². The van der Waals surface area contributed by atoms with Gasteiger partial charge >= 0.3 is 0 Å². The summed E-state index contributed by atoms with van der Waals surface area (Å²) in [7, 11) is 0. The molecule has 1 amide bonds. The fourth-order valence-corrected chi connectivity index (χ4v) is 2.37. The summed E-state index contributed by atoms with van der Waals surface area (Å²) in [5, 5.41) is 2.94. The van der Waals surface area contributed by atoms with Crippen molar-refractivity contribution in [3.63, 3.8) is 0 Å². The van der Waals surface area contributed by atoms with Gasteiger partial charge in [0, 0.05) is 18.5 Å². The molecule has 1 aromatic carbocycles. The van der Waals surface area contributed by atoms with Crippen LogP contribution >= 0.6 is 0 Å². The van der Waals surface area contributed by atoms with Crippen molar-refractivity contribution in [1.29, 1.82) is 0 Å². The number of amides is 1. The second kappa shape index (κ2) is 6.26. The van der Waals surface area contributed by atoms with Crippen LogP contribution < -0.4 is 5.32 Å². The highest BCUT2D eigenvalue weighted by atomic mass is 16.1. The molecule has 1 N–H and O–H groups in total. The predicted molar refractivity (Wildman–Crippen MR) is 73.5 cm³/mol. The lowest BCUT2D eigenvalue weighted by atomic mass is 10.1. The largest absolute Gasteiger partial charge is 0.352 e. The summed E-state index contributed by atoms with van der Waals surface area (Å²) in [6.45, 7) is 0.706. The lowest BCUT2D eigenvalue weighted by Crippen LogP contribution is -2.24. The van der Waals surface area contributed by atoms with Crippen molar-refractivity contribution in [1.82, 2.24) is 5.32 Å². The van der Waals surface area contributed by atoms with Crippen LogP contribution in [0, 0.1) is 12.3 Å². The first kappa shape index (κ1) is 12.7. The molecule has 0 saturated carbocycles. The Kier molecular flexibility index (Phi) is 4.41. The van der Waals surface area contributed by atoms with Crippen molar-refractivity contribution in [3.8, 4) is 12.3 Å². The zero-order valence-electron chi connectivity index (χ0n) is 10.7. The minimum atomic E-state index is 0.0328. The molecule has 0 heterocycles. The number of nitrogens with one attached hydrogen (secondary N) is 1. The monoisotopic (exact) mass is 241 g/mol. The quantitative estimate of drug-likeness (QED) is 0.623. The van der Waals surface area contributed by atoms with Crippen molar-refractivity contribution >= 4 is 5.91 Å². The molecule has 2 rings (SSSR count). The van der Waals surface area contributed by atoms with Gasteiger partial charge in [0.05, 0.1) is 0 Å². The van der Waals surface area contributed by atoms with Crippen LogP contribution in [0.2, 0.25) is 0 Å². The number of fused-ring (bicyclic) bond motifs is 1. The zero-order valence-corrected chi connectivity index (χ0v) is 10.7. The third-order valence-corrected chi connectivity index (χ3v) is 3.39. The fourth-order valence-electron chi connectivity index (χ4n) is 2.37. The molecule has 1 aromatic rings. The molecule has 2 nitrogen and oxygen atoms in total. The first-order chi connectivity index (χ1) is 8.81. The molecule has 0 aliphatic heterocycles. The van der Waals surface area contributed by atoms with E-state index in [1.165, 1.54) is 17.5 Å². The molecule has 0 aromatic heterocycles. The van der Waals surface area contributed by atoms with Crippen molar-refractivity contribution in [3.05, 3.63) is 34.9 Å². The number of carbonyl (C=O) groups excluding carboxylic acids is 1. The van der Waals surface area contributed by atoms with Gasteiger partial charge in [-0.05, 0) is 55.4 Å². The third-order valence-electron chi connectivity index (χ3n) is 3.39. The van der Waals surface area contributed by atoms with Crippen LogP contribution in [0.15, 0.2) is 18.2 Å². The summed E-state index contributed by atoms with van der Waals surface area (Å²) in [4.78, 5) is 11.9. The van der Waals surface area contributed by atoms with E-state index in [0.29, 0.717) is 6.54 Å². The van der Waals surface area contributed by atoms with Crippen molar-refractivity contribution in [2.45, 2.75) is 38.5 Å². The van der Waals surface area contributed by atoms with E-state index < -0.39 is 0 Å². The first-order valence-electron chi connectivity index (χ1n) is 6.65. The Balaban J connectivity index is 1.84. The van der Waals surface area contributed by atoms with Gasteiger partial charge in [0.25, 0.3) is 5.91 Å². The highest BCUT2D eigenvalue weighted by molar-refractivity contribution is 5.94. The average molecular weight is 241 g/mol. The summed E-state index contributed by atoms with van der Waals surface area (Å²) in [5.74, 6) is 2.64. The molecule has 0 atom stereocenters. The summed E-state index contributed by atoms with van der Waals surface area (Å²) >= 11 is 0. The Morgan fingerprint density at radius 1 is 1.28 bits per heavy atom. The number of rotatable bonds is 5. The topological polar surface area (TPSA) is 29.1 Å². The van der Waals surface area contributed by atoms with Gasteiger partial charge in [0.1, 0.15) is 0 Å². The van der Waals surface area contributed by atoms with Crippen LogP contribution in [0.3, 0.4) is 0 Å². The molecule has 18 heavy (non-hydrogen) atoms. The van der Waals surface area contributed by atoms with Crippen LogP contribution in [0.4, 0.5) is 0 Å². The van der Waals surface area contributed by atoms with Gasteiger partial charge in [0.15, 0.2) is 0 Å². The van der Waals surface area contributed by atoms with E-state index in [1.54, 1.807) is 0 Å². The molecular formula is C16H19NO. The lowest BCUT2D eigenvalue weighted by molar-refractivity contribution is 0.0953. The highest BCUT2D eigenvalue weighted by Gasteiger charge is 2.13. The van der Waals surface area contributed by atoms with E-state index >= 15 is 0 Å². The minimum absolute atomic E-state index is 0.0328. The standard InChI is InChI=1S/C16H19NO/c1-2-3-4-5-11-17-16(18)15-10-9-13-7-6-8-14(13)12-15/h1,9-10,12H,3-8,11H2,(H,17,18). The molecule has 0 unspecified atom stereocenters. The number of terminal acetylenes is 1. The Bertz CT molecular complexity index is 470. The molecule has 1 aliphatic rings. The average Bonchev–Trinajstić information content (AvgIpc) is 2.85. The zero-order chi connectivity index (χ0) is 12.8. The molecule has 0 fully saturated rings. The summed E-state index contributed by atoms with van der Waals surface area (Å²) < 4.78 is 0. The van der Waals surface area contributed by atoms with Crippen LogP contribution in [0.25, 0.3) is 0 Å². The Hall–Kier alpha value is -1.75. The molecule has 0 spiro atoms. The van der Waals surface area contributed by atoms with E-state index in [2.05, 4.69) is 17.3 Å². The number of hydrogen-bond donors (Lipinski definition) is 1. The number of aryl methyl sites for hydroxylation is 2. The Morgan fingerprint density at radius 3 is 2.94 bits per heavy atom. The summed E-state index contributed by atoms with van der Waals surface area (Å²) in [5.41, 5.74) is 3.53. The maximum absolute atomic E-state index is 11.9. The Morgan fingerprint density at radius 2 is 2.11 bits per heavy atom. The maximum atomic E-state index is 11.9. The number of unbranched alkanes of at least 4 members (excludes halogenated alkanes) is 2. The number of benzene rings is 1. The van der Waals surface area contributed by atoms with Gasteiger partial charge in [0.2, 0.25) is 0 Å². The molecule has 1 aliphatic carbocycles. The highest BCUT2D eigenvalue weighted by Crippen LogP contribution is 2.22. The normalized spacial score (nSPS) is 12.8. The van der Waals surface area contributed by atoms with Crippen molar-refractivity contribution in [2.24, 2.45) is 0 Å².